The van der Waals surface area contributed by atoms with Gasteiger partial charge in [0, 0.05) is 37.5 Å². The summed E-state index contributed by atoms with van der Waals surface area (Å²) >= 11 is 6.23. The van der Waals surface area contributed by atoms with Crippen molar-refractivity contribution in [3.63, 3.8) is 0 Å². The van der Waals surface area contributed by atoms with Gasteiger partial charge in [0.2, 0.25) is 15.9 Å². The Labute approximate surface area is 200 Å². The van der Waals surface area contributed by atoms with Crippen LogP contribution in [0.3, 0.4) is 0 Å². The minimum Gasteiger partial charge on any atom is -0.350 e. The molecule has 1 aromatic heterocycles. The highest BCUT2D eigenvalue weighted by Gasteiger charge is 2.23. The van der Waals surface area contributed by atoms with Crippen LogP contribution in [0.25, 0.3) is 11.0 Å². The number of amides is 1. The van der Waals surface area contributed by atoms with Gasteiger partial charge in [-0.3, -0.25) is 4.79 Å². The fourth-order valence-electron chi connectivity index (χ4n) is 4.02. The van der Waals surface area contributed by atoms with Gasteiger partial charge >= 0.3 is 0 Å². The van der Waals surface area contributed by atoms with Crippen LogP contribution in [0.4, 0.5) is 0 Å². The average molecular weight is 491 g/mol. The predicted molar refractivity (Wildman–Crippen MR) is 132 cm³/mol. The van der Waals surface area contributed by atoms with E-state index in [0.29, 0.717) is 36.6 Å². The van der Waals surface area contributed by atoms with Crippen molar-refractivity contribution in [3.05, 3.63) is 58.9 Å². The van der Waals surface area contributed by atoms with Crippen molar-refractivity contribution in [1.82, 2.24) is 19.2 Å². The summed E-state index contributed by atoms with van der Waals surface area (Å²) in [6.45, 7) is 9.04. The second-order valence-corrected chi connectivity index (χ2v) is 10.2. The number of nitrogens with one attached hydrogen (secondary N) is 1. The van der Waals surface area contributed by atoms with Crippen molar-refractivity contribution >= 4 is 38.6 Å². The van der Waals surface area contributed by atoms with Gasteiger partial charge in [-0.05, 0) is 43.7 Å². The molecule has 0 fully saturated rings. The van der Waals surface area contributed by atoms with Crippen LogP contribution in [0, 0.1) is 0 Å². The first-order valence-electron chi connectivity index (χ1n) is 11.3. The number of carbonyl (C=O) groups excluding carboxylic acids is 1. The van der Waals surface area contributed by atoms with Crippen LogP contribution in [-0.2, 0) is 27.8 Å². The third-order valence-electron chi connectivity index (χ3n) is 5.78. The molecule has 7 nitrogen and oxygen atoms in total. The molecule has 0 bridgehead atoms. The van der Waals surface area contributed by atoms with Gasteiger partial charge in [-0.25, -0.2) is 13.4 Å². The van der Waals surface area contributed by atoms with Crippen molar-refractivity contribution in [2.75, 3.05) is 13.1 Å². The Morgan fingerprint density at radius 2 is 1.85 bits per heavy atom. The van der Waals surface area contributed by atoms with E-state index < -0.39 is 10.0 Å². The quantitative estimate of drug-likeness (QED) is 0.452. The average Bonchev–Trinajstić information content (AvgIpc) is 3.15. The van der Waals surface area contributed by atoms with Gasteiger partial charge < -0.3 is 9.88 Å². The molecular weight excluding hydrogens is 460 g/mol. The van der Waals surface area contributed by atoms with Gasteiger partial charge in [-0.1, -0.05) is 43.6 Å². The molecule has 9 heteroatoms. The monoisotopic (exact) mass is 490 g/mol. The molecule has 0 aliphatic heterocycles. The fraction of sp³-hybridized carbons (Fsp3) is 0.417. The Morgan fingerprint density at radius 1 is 1.15 bits per heavy atom. The number of fused-ring (bicyclic) bond motifs is 1. The summed E-state index contributed by atoms with van der Waals surface area (Å²) in [6.07, 6.45) is 0.713. The summed E-state index contributed by atoms with van der Waals surface area (Å²) in [6, 6.07) is 12.3. The third kappa shape index (κ3) is 5.39. The van der Waals surface area contributed by atoms with Gasteiger partial charge in [0.1, 0.15) is 5.82 Å². The number of carbonyl (C=O) groups is 1. The van der Waals surface area contributed by atoms with E-state index in [9.17, 15) is 13.2 Å². The maximum Gasteiger partial charge on any atom is 0.243 e. The minimum absolute atomic E-state index is 0.0954. The Balaban J connectivity index is 1.78. The summed E-state index contributed by atoms with van der Waals surface area (Å²) in [5.41, 5.74) is 2.34. The number of halogens is 1. The van der Waals surface area contributed by atoms with Gasteiger partial charge in [0.15, 0.2) is 0 Å². The zero-order valence-corrected chi connectivity index (χ0v) is 21.1. The number of aromatic nitrogens is 2. The summed E-state index contributed by atoms with van der Waals surface area (Å²) in [5, 5.41) is 3.61. The summed E-state index contributed by atoms with van der Waals surface area (Å²) < 4.78 is 29.2. The first-order valence-corrected chi connectivity index (χ1v) is 13.1. The molecule has 1 N–H and O–H groups in total. The molecule has 33 heavy (non-hydrogen) atoms. The molecule has 1 unspecified atom stereocenters. The molecule has 0 spiro atoms. The van der Waals surface area contributed by atoms with E-state index in [1.165, 1.54) is 4.31 Å². The predicted octanol–water partition coefficient (Wildman–Crippen LogP) is 4.55. The second-order valence-electron chi connectivity index (χ2n) is 7.82. The van der Waals surface area contributed by atoms with Crippen molar-refractivity contribution in [1.29, 1.82) is 0 Å². The van der Waals surface area contributed by atoms with Crippen LogP contribution in [0.15, 0.2) is 47.4 Å². The second kappa shape index (κ2) is 10.7. The van der Waals surface area contributed by atoms with E-state index in [1.54, 1.807) is 24.3 Å². The van der Waals surface area contributed by atoms with Crippen LogP contribution in [0.2, 0.25) is 5.02 Å². The van der Waals surface area contributed by atoms with Crippen LogP contribution < -0.4 is 5.32 Å². The molecule has 1 atom stereocenters. The lowest BCUT2D eigenvalue weighted by Crippen LogP contribution is -2.30. The van der Waals surface area contributed by atoms with E-state index in [2.05, 4.69) is 10.3 Å². The summed E-state index contributed by atoms with van der Waals surface area (Å²) in [5.74, 6) is 0.660. The number of sulfonamides is 1. The molecule has 1 amide bonds. The van der Waals surface area contributed by atoms with Crippen LogP contribution in [0.1, 0.15) is 51.5 Å². The molecular formula is C24H31ClN4O3S. The van der Waals surface area contributed by atoms with Gasteiger partial charge in [-0.15, -0.1) is 0 Å². The molecule has 0 radical (unpaired) electrons. The number of benzene rings is 2. The van der Waals surface area contributed by atoms with Crippen molar-refractivity contribution in [2.45, 2.75) is 58.0 Å². The first-order chi connectivity index (χ1) is 15.7. The van der Waals surface area contributed by atoms with E-state index in [4.69, 9.17) is 11.6 Å². The van der Waals surface area contributed by atoms with E-state index in [1.807, 2.05) is 50.5 Å². The maximum absolute atomic E-state index is 12.9. The highest BCUT2D eigenvalue weighted by molar-refractivity contribution is 7.89. The van der Waals surface area contributed by atoms with Crippen molar-refractivity contribution in [2.24, 2.45) is 0 Å². The zero-order valence-electron chi connectivity index (χ0n) is 19.5. The molecule has 1 heterocycles. The maximum atomic E-state index is 12.9. The van der Waals surface area contributed by atoms with Gasteiger partial charge in [0.05, 0.1) is 22.0 Å². The van der Waals surface area contributed by atoms with Crippen LogP contribution in [0.5, 0.6) is 0 Å². The number of hydrogen-bond donors (Lipinski definition) is 1. The molecule has 2 aromatic carbocycles. The van der Waals surface area contributed by atoms with E-state index in [0.717, 1.165) is 16.9 Å². The largest absolute Gasteiger partial charge is 0.350 e. The number of aryl methyl sites for hydroxylation is 2. The lowest BCUT2D eigenvalue weighted by atomic mass is 10.1. The first kappa shape index (κ1) is 25.2. The molecule has 0 aliphatic carbocycles. The Morgan fingerprint density at radius 3 is 2.48 bits per heavy atom. The minimum atomic E-state index is -3.56. The van der Waals surface area contributed by atoms with Crippen molar-refractivity contribution < 1.29 is 13.2 Å². The van der Waals surface area contributed by atoms with E-state index in [-0.39, 0.29) is 23.3 Å². The third-order valence-corrected chi connectivity index (χ3v) is 8.17. The summed E-state index contributed by atoms with van der Waals surface area (Å²) in [4.78, 5) is 17.5. The highest BCUT2D eigenvalue weighted by atomic mass is 35.5. The highest BCUT2D eigenvalue weighted by Crippen LogP contribution is 2.24. The van der Waals surface area contributed by atoms with Gasteiger partial charge in [0.25, 0.3) is 0 Å². The smallest absolute Gasteiger partial charge is 0.243 e. The number of imidazole rings is 1. The molecule has 3 aromatic rings. The SMILES string of the molecule is CCN(CC)S(=O)(=O)c1ccc2c(c1)nc(CCC(=O)NC(C)c1ccccc1Cl)n2CC. The van der Waals surface area contributed by atoms with Crippen LogP contribution in [-0.4, -0.2) is 41.3 Å². The fourth-order valence-corrected chi connectivity index (χ4v) is 5.80. The van der Waals surface area contributed by atoms with Crippen molar-refractivity contribution in [3.8, 4) is 0 Å². The molecule has 0 saturated carbocycles. The number of rotatable bonds is 10. The van der Waals surface area contributed by atoms with E-state index >= 15 is 0 Å². The number of nitrogens with zero attached hydrogens (tertiary/aromatic N) is 3. The topological polar surface area (TPSA) is 84.3 Å². The van der Waals surface area contributed by atoms with Gasteiger partial charge in [-0.2, -0.15) is 4.31 Å². The lowest BCUT2D eigenvalue weighted by molar-refractivity contribution is -0.121. The lowest BCUT2D eigenvalue weighted by Gasteiger charge is -2.18. The zero-order chi connectivity index (χ0) is 24.2. The Bertz CT molecular complexity index is 1240. The standard InChI is InChI=1S/C24H31ClN4O3S/c1-5-28(6-2)33(31,32)18-12-13-22-21(16-18)27-23(29(22)7-3)14-15-24(30)26-17(4)19-10-8-9-11-20(19)25/h8-13,16-17H,5-7,14-15H2,1-4H3,(H,26,30). The summed E-state index contributed by atoms with van der Waals surface area (Å²) in [7, 11) is -3.56. The number of hydrogen-bond acceptors (Lipinski definition) is 4. The molecule has 3 rings (SSSR count). The molecule has 0 saturated heterocycles. The molecule has 178 valence electrons. The normalized spacial score (nSPS) is 12.9. The Hall–Kier alpha value is -2.42. The molecule has 0 aliphatic rings. The Kier molecular flexibility index (Phi) is 8.15. The van der Waals surface area contributed by atoms with Crippen LogP contribution >= 0.6 is 11.6 Å².